The molecule has 0 aliphatic carbocycles. The minimum Gasteiger partial charge on any atom is -0.347 e. The SMILES string of the molecule is CC.CCCCC/C=C\C/C=C\CCCCCCCCC1(CCCCCCCC/C=C\C/C=C\CCCCC)OCC(CCN(C)CCCCCC(C)=O)O1. The molecule has 1 atom stereocenters. The Labute approximate surface area is 344 Å². The van der Waals surface area contributed by atoms with E-state index in [4.69, 9.17) is 9.47 Å². The Kier molecular flexibility index (Phi) is 41.0. The van der Waals surface area contributed by atoms with Crippen molar-refractivity contribution in [2.45, 2.75) is 246 Å². The van der Waals surface area contributed by atoms with Gasteiger partial charge in [0, 0.05) is 25.8 Å². The van der Waals surface area contributed by atoms with Crippen molar-refractivity contribution in [3.8, 4) is 0 Å². The van der Waals surface area contributed by atoms with Gasteiger partial charge in [-0.05, 0) is 117 Å². The number of rotatable bonds is 39. The molecule has 1 aliphatic rings. The van der Waals surface area contributed by atoms with Crippen LogP contribution in [0.2, 0.25) is 0 Å². The molecule has 1 rings (SSSR count). The van der Waals surface area contributed by atoms with Crippen LogP contribution in [0.4, 0.5) is 0 Å². The highest BCUT2D eigenvalue weighted by molar-refractivity contribution is 5.75. The van der Waals surface area contributed by atoms with E-state index >= 15 is 0 Å². The largest absolute Gasteiger partial charge is 0.347 e. The van der Waals surface area contributed by atoms with Crippen molar-refractivity contribution < 1.29 is 14.3 Å². The van der Waals surface area contributed by atoms with E-state index < -0.39 is 0 Å². The van der Waals surface area contributed by atoms with Crippen LogP contribution in [0.15, 0.2) is 48.6 Å². The maximum atomic E-state index is 11.2. The van der Waals surface area contributed by atoms with Crippen molar-refractivity contribution in [2.75, 3.05) is 26.7 Å². The van der Waals surface area contributed by atoms with Gasteiger partial charge in [0.25, 0.3) is 0 Å². The molecule has 1 heterocycles. The van der Waals surface area contributed by atoms with Crippen LogP contribution in [0, 0.1) is 0 Å². The Morgan fingerprint density at radius 2 is 0.982 bits per heavy atom. The number of allylic oxidation sites excluding steroid dienone is 8. The maximum absolute atomic E-state index is 11.2. The van der Waals surface area contributed by atoms with Crippen molar-refractivity contribution in [1.29, 1.82) is 0 Å². The Balaban J connectivity index is 0.0000143. The summed E-state index contributed by atoms with van der Waals surface area (Å²) in [7, 11) is 2.22. The fraction of sp³-hybridized carbons (Fsp3) is 0.824. The summed E-state index contributed by atoms with van der Waals surface area (Å²) in [5.74, 6) is -0.0495. The second-order valence-corrected chi connectivity index (χ2v) is 16.2. The molecule has 1 unspecified atom stereocenters. The molecule has 0 aromatic carbocycles. The molecule has 322 valence electrons. The summed E-state index contributed by atoms with van der Waals surface area (Å²) in [6.07, 6.45) is 56.9. The van der Waals surface area contributed by atoms with Crippen LogP contribution in [0.5, 0.6) is 0 Å². The summed E-state index contributed by atoms with van der Waals surface area (Å²) >= 11 is 0. The Bertz CT molecular complexity index is 873. The third-order valence-electron chi connectivity index (χ3n) is 10.8. The Hall–Kier alpha value is -1.49. The second kappa shape index (κ2) is 42.1. The zero-order valence-corrected chi connectivity index (χ0v) is 37.9. The van der Waals surface area contributed by atoms with Gasteiger partial charge in [-0.25, -0.2) is 0 Å². The standard InChI is InChI=1S/C49H89NO3.C2H6/c1-5-7-9-11-13-15-17-19-21-23-25-27-29-31-33-37-42-49(52-46-48(53-49)41-45-50(4)44-39-35-36-40-47(3)51)43-38-34-32-30-28-26-24-22-20-18-16-14-12-10-8-6-2;1-2/h13-16,19-22,48H,5-12,17-18,23-46H2,1-4H3;1-2H3/b15-13-,16-14-,21-19-,22-20-;. The van der Waals surface area contributed by atoms with Gasteiger partial charge >= 0.3 is 0 Å². The molecule has 4 nitrogen and oxygen atoms in total. The first-order valence-corrected chi connectivity index (χ1v) is 24.1. The van der Waals surface area contributed by atoms with Crippen molar-refractivity contribution in [3.05, 3.63) is 48.6 Å². The zero-order chi connectivity index (χ0) is 40.3. The van der Waals surface area contributed by atoms with E-state index in [1.807, 2.05) is 13.8 Å². The van der Waals surface area contributed by atoms with Gasteiger partial charge in [-0.3, -0.25) is 0 Å². The first kappa shape index (κ1) is 53.5. The first-order valence-electron chi connectivity index (χ1n) is 24.1. The smallest absolute Gasteiger partial charge is 0.168 e. The number of hydrogen-bond acceptors (Lipinski definition) is 4. The van der Waals surface area contributed by atoms with Crippen molar-refractivity contribution in [1.82, 2.24) is 4.90 Å². The summed E-state index contributed by atoms with van der Waals surface area (Å²) in [6, 6.07) is 0. The van der Waals surface area contributed by atoms with Crippen LogP contribution >= 0.6 is 0 Å². The number of carbonyl (C=O) groups excluding carboxylic acids is 1. The third kappa shape index (κ3) is 36.6. The van der Waals surface area contributed by atoms with E-state index in [0.29, 0.717) is 5.78 Å². The summed E-state index contributed by atoms with van der Waals surface area (Å²) in [5.41, 5.74) is 0. The van der Waals surface area contributed by atoms with E-state index in [2.05, 4.69) is 74.4 Å². The molecule has 0 aromatic rings. The fourth-order valence-corrected chi connectivity index (χ4v) is 7.32. The molecule has 0 aromatic heterocycles. The molecule has 0 spiro atoms. The van der Waals surface area contributed by atoms with Crippen LogP contribution in [-0.4, -0.2) is 49.3 Å². The number of unbranched alkanes of at least 4 members (excludes halogenated alkanes) is 20. The lowest BCUT2D eigenvalue weighted by atomic mass is 9.98. The number of Topliss-reactive ketones (excluding diaryl/α,β-unsaturated/α-hetero) is 1. The monoisotopic (exact) mass is 770 g/mol. The lowest BCUT2D eigenvalue weighted by Gasteiger charge is -2.29. The fourth-order valence-electron chi connectivity index (χ4n) is 7.32. The summed E-state index contributed by atoms with van der Waals surface area (Å²) in [5, 5.41) is 0. The summed E-state index contributed by atoms with van der Waals surface area (Å²) in [6.45, 7) is 13.1. The molecule has 0 N–H and O–H groups in total. The van der Waals surface area contributed by atoms with E-state index in [-0.39, 0.29) is 11.9 Å². The van der Waals surface area contributed by atoms with Crippen LogP contribution in [0.1, 0.15) is 234 Å². The second-order valence-electron chi connectivity index (χ2n) is 16.2. The molecule has 0 amide bonds. The molecule has 1 fully saturated rings. The molecule has 1 aliphatic heterocycles. The lowest BCUT2D eigenvalue weighted by Crippen LogP contribution is -2.32. The lowest BCUT2D eigenvalue weighted by molar-refractivity contribution is -0.180. The van der Waals surface area contributed by atoms with Gasteiger partial charge in [0.2, 0.25) is 0 Å². The summed E-state index contributed by atoms with van der Waals surface area (Å²) in [4.78, 5) is 13.6. The minimum absolute atomic E-state index is 0.212. The summed E-state index contributed by atoms with van der Waals surface area (Å²) < 4.78 is 13.4. The highest BCUT2D eigenvalue weighted by Gasteiger charge is 2.40. The van der Waals surface area contributed by atoms with Gasteiger partial charge in [-0.2, -0.15) is 0 Å². The predicted octanol–water partition coefficient (Wildman–Crippen LogP) is 16.0. The number of ether oxygens (including phenoxy) is 2. The highest BCUT2D eigenvalue weighted by atomic mass is 16.7. The molecule has 1 saturated heterocycles. The highest BCUT2D eigenvalue weighted by Crippen LogP contribution is 2.35. The van der Waals surface area contributed by atoms with Crippen LogP contribution < -0.4 is 0 Å². The average Bonchev–Trinajstić information content (AvgIpc) is 3.60. The van der Waals surface area contributed by atoms with E-state index in [1.165, 1.54) is 141 Å². The Morgan fingerprint density at radius 1 is 0.564 bits per heavy atom. The van der Waals surface area contributed by atoms with Crippen LogP contribution in [0.25, 0.3) is 0 Å². The molecule has 0 radical (unpaired) electrons. The number of carbonyl (C=O) groups is 1. The molecular formula is C51H95NO3. The minimum atomic E-state index is -0.361. The van der Waals surface area contributed by atoms with E-state index in [1.54, 1.807) is 6.92 Å². The van der Waals surface area contributed by atoms with Gasteiger partial charge in [0.15, 0.2) is 5.79 Å². The quantitative estimate of drug-likeness (QED) is 0.0461. The normalized spacial score (nSPS) is 15.7. The zero-order valence-electron chi connectivity index (χ0n) is 37.9. The molecule has 0 bridgehead atoms. The molecule has 0 saturated carbocycles. The van der Waals surface area contributed by atoms with Crippen LogP contribution in [-0.2, 0) is 14.3 Å². The topological polar surface area (TPSA) is 38.8 Å². The molecule has 4 heteroatoms. The molecule has 55 heavy (non-hydrogen) atoms. The van der Waals surface area contributed by atoms with Gasteiger partial charge in [-0.1, -0.05) is 160 Å². The molecular weight excluding hydrogens is 675 g/mol. The van der Waals surface area contributed by atoms with Gasteiger partial charge < -0.3 is 19.2 Å². The van der Waals surface area contributed by atoms with Crippen molar-refractivity contribution in [3.63, 3.8) is 0 Å². The third-order valence-corrected chi connectivity index (χ3v) is 10.8. The van der Waals surface area contributed by atoms with Gasteiger partial charge in [0.05, 0.1) is 12.7 Å². The average molecular weight is 770 g/mol. The van der Waals surface area contributed by atoms with Crippen molar-refractivity contribution in [2.24, 2.45) is 0 Å². The van der Waals surface area contributed by atoms with E-state index in [9.17, 15) is 4.79 Å². The first-order chi connectivity index (χ1) is 27.0. The van der Waals surface area contributed by atoms with Gasteiger partial charge in [-0.15, -0.1) is 0 Å². The van der Waals surface area contributed by atoms with Crippen molar-refractivity contribution >= 4 is 5.78 Å². The van der Waals surface area contributed by atoms with Crippen LogP contribution in [0.3, 0.4) is 0 Å². The number of hydrogen-bond donors (Lipinski definition) is 0. The van der Waals surface area contributed by atoms with E-state index in [0.717, 1.165) is 77.5 Å². The Morgan fingerprint density at radius 3 is 1.44 bits per heavy atom. The number of nitrogens with zero attached hydrogens (tertiary/aromatic N) is 1. The maximum Gasteiger partial charge on any atom is 0.168 e. The predicted molar refractivity (Wildman–Crippen MR) is 244 cm³/mol. The van der Waals surface area contributed by atoms with Gasteiger partial charge in [0.1, 0.15) is 5.78 Å². The number of ketones is 1.